The first-order valence-corrected chi connectivity index (χ1v) is 8.19. The molecule has 1 aliphatic carbocycles. The van der Waals surface area contributed by atoms with E-state index in [-0.39, 0.29) is 0 Å². The quantitative estimate of drug-likeness (QED) is 0.700. The Balaban J connectivity index is 2.06. The van der Waals surface area contributed by atoms with Crippen molar-refractivity contribution < 1.29 is 0 Å². The number of benzene rings is 2. The minimum absolute atomic E-state index is 0.339. The van der Waals surface area contributed by atoms with Gasteiger partial charge < -0.3 is 4.90 Å². The van der Waals surface area contributed by atoms with Gasteiger partial charge in [0.2, 0.25) is 0 Å². The first-order chi connectivity index (χ1) is 10.5. The lowest BCUT2D eigenvalue weighted by molar-refractivity contribution is 0.547. The maximum absolute atomic E-state index is 6.23. The van der Waals surface area contributed by atoms with Gasteiger partial charge in [-0.2, -0.15) is 0 Å². The molecule has 0 radical (unpaired) electrons. The second-order valence-corrected chi connectivity index (χ2v) is 6.87. The van der Waals surface area contributed by atoms with Crippen LogP contribution < -0.4 is 0 Å². The summed E-state index contributed by atoms with van der Waals surface area (Å²) < 4.78 is 0. The Labute approximate surface area is 142 Å². The highest BCUT2D eigenvalue weighted by Gasteiger charge is 2.24. The molecule has 3 rings (SSSR count). The van der Waals surface area contributed by atoms with Gasteiger partial charge in [0.25, 0.3) is 0 Å². The minimum Gasteiger partial charge on any atom is -0.384 e. The molecule has 1 nitrogen and oxygen atoms in total. The van der Waals surface area contributed by atoms with Crippen molar-refractivity contribution in [2.75, 3.05) is 14.1 Å². The van der Waals surface area contributed by atoms with Crippen molar-refractivity contribution in [1.82, 2.24) is 4.90 Å². The summed E-state index contributed by atoms with van der Waals surface area (Å²) in [5.74, 6) is 0.339. The van der Waals surface area contributed by atoms with E-state index in [9.17, 15) is 0 Å². The number of halogens is 2. The molecule has 114 valence electrons. The number of hydrogen-bond acceptors (Lipinski definition) is 1. The van der Waals surface area contributed by atoms with Crippen LogP contribution in [0.25, 0.3) is 0 Å². The second kappa shape index (κ2) is 6.36. The van der Waals surface area contributed by atoms with Crippen LogP contribution in [0.2, 0.25) is 10.0 Å². The topological polar surface area (TPSA) is 3.24 Å². The van der Waals surface area contributed by atoms with Crippen LogP contribution in [0.1, 0.15) is 29.0 Å². The average Bonchev–Trinajstić information content (AvgIpc) is 2.48. The van der Waals surface area contributed by atoms with Crippen LogP contribution in [0.4, 0.5) is 0 Å². The molecule has 0 N–H and O–H groups in total. The Kier molecular flexibility index (Phi) is 4.46. The van der Waals surface area contributed by atoms with E-state index in [0.29, 0.717) is 16.0 Å². The van der Waals surface area contributed by atoms with Gasteiger partial charge in [-0.3, -0.25) is 0 Å². The second-order valence-electron chi connectivity index (χ2n) is 6.06. The van der Waals surface area contributed by atoms with Crippen molar-refractivity contribution in [1.29, 1.82) is 0 Å². The number of fused-ring (bicyclic) bond motifs is 1. The molecule has 0 spiro atoms. The summed E-state index contributed by atoms with van der Waals surface area (Å²) in [6.45, 7) is 0. The van der Waals surface area contributed by atoms with Crippen molar-refractivity contribution in [3.63, 3.8) is 0 Å². The first-order valence-electron chi connectivity index (χ1n) is 7.43. The summed E-state index contributed by atoms with van der Waals surface area (Å²) in [4.78, 5) is 2.12. The summed E-state index contributed by atoms with van der Waals surface area (Å²) in [5.41, 5.74) is 5.47. The zero-order valence-electron chi connectivity index (χ0n) is 12.8. The number of nitrogens with zero attached hydrogens (tertiary/aromatic N) is 1. The maximum atomic E-state index is 6.23. The van der Waals surface area contributed by atoms with Gasteiger partial charge in [-0.25, -0.2) is 0 Å². The normalized spacial score (nSPS) is 19.1. The predicted octanol–water partition coefficient (Wildman–Crippen LogP) is 5.52. The molecule has 0 heterocycles. The fraction of sp³-hybridized carbons (Fsp3) is 0.263. The zero-order valence-corrected chi connectivity index (χ0v) is 14.3. The van der Waals surface area contributed by atoms with Gasteiger partial charge in [-0.1, -0.05) is 53.5 Å². The van der Waals surface area contributed by atoms with Crippen molar-refractivity contribution >= 4 is 23.2 Å². The zero-order chi connectivity index (χ0) is 15.7. The number of rotatable bonds is 2. The van der Waals surface area contributed by atoms with Gasteiger partial charge in [0, 0.05) is 20.0 Å². The molecule has 3 heteroatoms. The Morgan fingerprint density at radius 2 is 1.82 bits per heavy atom. The summed E-state index contributed by atoms with van der Waals surface area (Å²) in [6, 6.07) is 14.7. The molecule has 2 aromatic rings. The van der Waals surface area contributed by atoms with Gasteiger partial charge in [-0.05, 0) is 53.4 Å². The summed E-state index contributed by atoms with van der Waals surface area (Å²) in [6.07, 6.45) is 4.28. The van der Waals surface area contributed by atoms with Gasteiger partial charge in [0.15, 0.2) is 0 Å². The lowest BCUT2D eigenvalue weighted by atomic mass is 9.77. The third-order valence-corrected chi connectivity index (χ3v) is 4.84. The molecule has 0 aliphatic heterocycles. The predicted molar refractivity (Wildman–Crippen MR) is 94.8 cm³/mol. The van der Waals surface area contributed by atoms with Crippen molar-refractivity contribution in [3.8, 4) is 0 Å². The van der Waals surface area contributed by atoms with Crippen molar-refractivity contribution in [2.24, 2.45) is 0 Å². The lowest BCUT2D eigenvalue weighted by Crippen LogP contribution is -2.15. The van der Waals surface area contributed by atoms with E-state index < -0.39 is 0 Å². The summed E-state index contributed by atoms with van der Waals surface area (Å²) >= 11 is 12.3. The van der Waals surface area contributed by atoms with E-state index in [0.717, 1.165) is 12.8 Å². The fourth-order valence-corrected chi connectivity index (χ4v) is 3.52. The molecular formula is C19H19Cl2N. The maximum Gasteiger partial charge on any atom is 0.0595 e. The van der Waals surface area contributed by atoms with Crippen LogP contribution in [-0.2, 0) is 6.42 Å². The highest BCUT2D eigenvalue weighted by atomic mass is 35.5. The van der Waals surface area contributed by atoms with Crippen molar-refractivity contribution in [3.05, 3.63) is 81.0 Å². The molecule has 1 aliphatic rings. The smallest absolute Gasteiger partial charge is 0.0595 e. The van der Waals surface area contributed by atoms with E-state index in [2.05, 4.69) is 55.5 Å². The molecule has 0 bridgehead atoms. The molecule has 1 atom stereocenters. The highest BCUT2D eigenvalue weighted by Crippen LogP contribution is 2.40. The SMILES string of the molecule is CN(C)/C=C1/Cc2ccccc2C(c2ccc(Cl)c(Cl)c2)C1. The Morgan fingerprint density at radius 1 is 1.05 bits per heavy atom. The number of allylic oxidation sites excluding steroid dienone is 1. The molecule has 1 unspecified atom stereocenters. The van der Waals surface area contributed by atoms with Crippen LogP contribution in [0, 0.1) is 0 Å². The minimum atomic E-state index is 0.339. The largest absolute Gasteiger partial charge is 0.384 e. The average molecular weight is 332 g/mol. The van der Waals surface area contributed by atoms with Gasteiger partial charge in [0.05, 0.1) is 10.0 Å². The molecule has 0 amide bonds. The van der Waals surface area contributed by atoms with Gasteiger partial charge in [0.1, 0.15) is 0 Å². The molecule has 0 saturated heterocycles. The third kappa shape index (κ3) is 3.16. The molecule has 0 saturated carbocycles. The number of hydrogen-bond donors (Lipinski definition) is 0. The van der Waals surface area contributed by atoms with E-state index >= 15 is 0 Å². The monoisotopic (exact) mass is 331 g/mol. The van der Waals surface area contributed by atoms with Crippen LogP contribution in [0.5, 0.6) is 0 Å². The van der Waals surface area contributed by atoms with Crippen LogP contribution >= 0.6 is 23.2 Å². The standard InChI is InChI=1S/C19H19Cl2N/c1-22(2)12-13-9-14-5-3-4-6-16(14)17(10-13)15-7-8-18(20)19(21)11-15/h3-8,11-12,17H,9-10H2,1-2H3/b13-12-. The summed E-state index contributed by atoms with van der Waals surface area (Å²) in [5, 5.41) is 1.24. The van der Waals surface area contributed by atoms with Crippen LogP contribution in [0.15, 0.2) is 54.2 Å². The third-order valence-electron chi connectivity index (χ3n) is 4.10. The van der Waals surface area contributed by atoms with E-state index in [1.807, 2.05) is 12.1 Å². The Bertz CT molecular complexity index is 719. The van der Waals surface area contributed by atoms with Crippen molar-refractivity contribution in [2.45, 2.75) is 18.8 Å². The Morgan fingerprint density at radius 3 is 2.55 bits per heavy atom. The Hall–Kier alpha value is -1.44. The van der Waals surface area contributed by atoms with Crippen LogP contribution in [0.3, 0.4) is 0 Å². The first kappa shape index (κ1) is 15.5. The molecule has 22 heavy (non-hydrogen) atoms. The van der Waals surface area contributed by atoms with E-state index in [4.69, 9.17) is 23.2 Å². The van der Waals surface area contributed by atoms with Crippen LogP contribution in [-0.4, -0.2) is 19.0 Å². The fourth-order valence-electron chi connectivity index (χ4n) is 3.21. The molecule has 0 aromatic heterocycles. The lowest BCUT2D eigenvalue weighted by Gasteiger charge is -2.29. The van der Waals surface area contributed by atoms with Gasteiger partial charge in [-0.15, -0.1) is 0 Å². The summed E-state index contributed by atoms with van der Waals surface area (Å²) in [7, 11) is 4.14. The molecule has 2 aromatic carbocycles. The van der Waals surface area contributed by atoms with E-state index in [1.165, 1.54) is 22.3 Å². The molecule has 0 fully saturated rings. The van der Waals surface area contributed by atoms with E-state index in [1.54, 1.807) is 0 Å². The van der Waals surface area contributed by atoms with Gasteiger partial charge >= 0.3 is 0 Å². The highest BCUT2D eigenvalue weighted by molar-refractivity contribution is 6.42. The molecular weight excluding hydrogens is 313 g/mol.